The average molecular weight is 330 g/mol. The number of ether oxygens (including phenoxy) is 2. The van der Waals surface area contributed by atoms with E-state index >= 15 is 0 Å². The van der Waals surface area contributed by atoms with Crippen LogP contribution in [-0.4, -0.2) is 17.3 Å². The van der Waals surface area contributed by atoms with Crippen LogP contribution in [0.2, 0.25) is 0 Å². The Labute approximate surface area is 140 Å². The zero-order valence-electron chi connectivity index (χ0n) is 13.5. The lowest BCUT2D eigenvalue weighted by Crippen LogP contribution is -2.43. The Hall–Kier alpha value is -1.20. The lowest BCUT2D eigenvalue weighted by molar-refractivity contribution is -0.295. The van der Waals surface area contributed by atoms with E-state index in [1.54, 1.807) is 0 Å². The van der Waals surface area contributed by atoms with Crippen LogP contribution in [0.4, 0.5) is 0 Å². The molecule has 2 aromatic rings. The van der Waals surface area contributed by atoms with Crippen molar-refractivity contribution in [2.75, 3.05) is 0 Å². The molecule has 1 N–H and O–H groups in total. The molecule has 0 saturated carbocycles. The van der Waals surface area contributed by atoms with E-state index in [1.807, 2.05) is 18.3 Å². The smallest absolute Gasteiger partial charge is 0.198 e. The molecule has 0 radical (unpaired) electrons. The summed E-state index contributed by atoms with van der Waals surface area (Å²) in [5.41, 5.74) is 3.55. The molecule has 1 aromatic heterocycles. The van der Waals surface area contributed by atoms with Gasteiger partial charge in [0.1, 0.15) is 0 Å². The number of fused-ring (bicyclic) bond motifs is 2. The van der Waals surface area contributed by atoms with Gasteiger partial charge in [0.15, 0.2) is 5.79 Å². The first-order chi connectivity index (χ1) is 11.0. The van der Waals surface area contributed by atoms with Crippen molar-refractivity contribution in [3.63, 3.8) is 0 Å². The number of aliphatic hydroxyl groups excluding tert-OH is 1. The third-order valence-corrected chi connectivity index (χ3v) is 5.72. The van der Waals surface area contributed by atoms with Crippen LogP contribution in [0.25, 0.3) is 0 Å². The third kappa shape index (κ3) is 2.85. The monoisotopic (exact) mass is 330 g/mol. The first kappa shape index (κ1) is 15.3. The van der Waals surface area contributed by atoms with E-state index in [4.69, 9.17) is 9.47 Å². The molecule has 1 aromatic carbocycles. The highest BCUT2D eigenvalue weighted by atomic mass is 32.1. The van der Waals surface area contributed by atoms with Gasteiger partial charge in [-0.05, 0) is 49.6 Å². The molecule has 2 aliphatic rings. The highest BCUT2D eigenvalue weighted by molar-refractivity contribution is 7.11. The van der Waals surface area contributed by atoms with Crippen LogP contribution < -0.4 is 0 Å². The van der Waals surface area contributed by atoms with Gasteiger partial charge in [-0.15, -0.1) is 11.3 Å². The molecule has 1 fully saturated rings. The van der Waals surface area contributed by atoms with E-state index < -0.39 is 5.79 Å². The third-order valence-electron chi connectivity index (χ3n) is 4.72. The fourth-order valence-corrected chi connectivity index (χ4v) is 4.66. The number of aliphatic hydroxyl groups is 1. The molecule has 4 heteroatoms. The van der Waals surface area contributed by atoms with Gasteiger partial charge in [-0.2, -0.15) is 0 Å². The lowest BCUT2D eigenvalue weighted by atomic mass is 9.90. The molecule has 4 rings (SSSR count). The number of rotatable bonds is 2. The van der Waals surface area contributed by atoms with Gasteiger partial charge >= 0.3 is 0 Å². The molecule has 1 spiro atoms. The standard InChI is InChI=1S/C19H22O3S/c1-12-7-16(20)10-19(22-12)18-9-14(4-5-15(18)11-21-19)8-17-6-3-13(2)23-17/h3-6,9,12,16,20H,7-8,10-11H2,1-2H3/t12?,16?,19-/m1/s1. The summed E-state index contributed by atoms with van der Waals surface area (Å²) in [6.45, 7) is 4.70. The first-order valence-corrected chi connectivity index (χ1v) is 9.03. The maximum atomic E-state index is 10.2. The Bertz CT molecular complexity index is 711. The van der Waals surface area contributed by atoms with Gasteiger partial charge in [0.25, 0.3) is 0 Å². The fourth-order valence-electron chi connectivity index (χ4n) is 3.73. The Morgan fingerprint density at radius 3 is 2.91 bits per heavy atom. The first-order valence-electron chi connectivity index (χ1n) is 8.21. The summed E-state index contributed by atoms with van der Waals surface area (Å²) in [4.78, 5) is 2.71. The van der Waals surface area contributed by atoms with Crippen LogP contribution in [-0.2, 0) is 28.3 Å². The van der Waals surface area contributed by atoms with E-state index in [-0.39, 0.29) is 12.2 Å². The zero-order valence-corrected chi connectivity index (χ0v) is 14.4. The minimum Gasteiger partial charge on any atom is -0.393 e. The van der Waals surface area contributed by atoms with Gasteiger partial charge in [0.05, 0.1) is 18.8 Å². The molecule has 122 valence electrons. The van der Waals surface area contributed by atoms with Crippen molar-refractivity contribution in [2.45, 2.75) is 57.7 Å². The quantitative estimate of drug-likeness (QED) is 0.908. The van der Waals surface area contributed by atoms with Crippen molar-refractivity contribution < 1.29 is 14.6 Å². The molecule has 3 nitrogen and oxygen atoms in total. The maximum Gasteiger partial charge on any atom is 0.198 e. The summed E-state index contributed by atoms with van der Waals surface area (Å²) in [5.74, 6) is -0.756. The molecule has 0 bridgehead atoms. The number of hydrogen-bond acceptors (Lipinski definition) is 4. The summed E-state index contributed by atoms with van der Waals surface area (Å²) in [5, 5.41) is 10.2. The second kappa shape index (κ2) is 5.71. The minimum absolute atomic E-state index is 0.00769. The second-order valence-corrected chi connectivity index (χ2v) is 8.12. The van der Waals surface area contributed by atoms with Gasteiger partial charge in [-0.25, -0.2) is 0 Å². The Kier molecular flexibility index (Phi) is 3.81. The van der Waals surface area contributed by atoms with Gasteiger partial charge in [0, 0.05) is 28.2 Å². The fraction of sp³-hybridized carbons (Fsp3) is 0.474. The van der Waals surface area contributed by atoms with Crippen LogP contribution in [0.3, 0.4) is 0 Å². The van der Waals surface area contributed by atoms with E-state index in [9.17, 15) is 5.11 Å². The molecule has 2 unspecified atom stereocenters. The second-order valence-electron chi connectivity index (χ2n) is 6.74. The molecule has 0 aliphatic carbocycles. The van der Waals surface area contributed by atoms with Crippen molar-refractivity contribution in [3.05, 3.63) is 56.8 Å². The van der Waals surface area contributed by atoms with Crippen molar-refractivity contribution in [3.8, 4) is 0 Å². The number of benzene rings is 1. The van der Waals surface area contributed by atoms with E-state index in [2.05, 4.69) is 37.3 Å². The van der Waals surface area contributed by atoms with Gasteiger partial charge in [0.2, 0.25) is 0 Å². The molecule has 1 saturated heterocycles. The van der Waals surface area contributed by atoms with E-state index in [0.29, 0.717) is 19.4 Å². The molecule has 3 heterocycles. The topological polar surface area (TPSA) is 38.7 Å². The predicted molar refractivity (Wildman–Crippen MR) is 90.6 cm³/mol. The summed E-state index contributed by atoms with van der Waals surface area (Å²) >= 11 is 1.84. The molecular weight excluding hydrogens is 308 g/mol. The molecule has 23 heavy (non-hydrogen) atoms. The van der Waals surface area contributed by atoms with Crippen LogP contribution in [0, 0.1) is 6.92 Å². The van der Waals surface area contributed by atoms with Crippen molar-refractivity contribution in [2.24, 2.45) is 0 Å². The highest BCUT2D eigenvalue weighted by Crippen LogP contribution is 2.45. The van der Waals surface area contributed by atoms with Gasteiger partial charge in [-0.1, -0.05) is 12.1 Å². The van der Waals surface area contributed by atoms with E-state index in [1.165, 1.54) is 20.9 Å². The van der Waals surface area contributed by atoms with Crippen LogP contribution in [0.1, 0.15) is 46.2 Å². The maximum absolute atomic E-state index is 10.2. The van der Waals surface area contributed by atoms with Crippen LogP contribution >= 0.6 is 11.3 Å². The van der Waals surface area contributed by atoms with E-state index in [0.717, 1.165) is 12.0 Å². The van der Waals surface area contributed by atoms with Crippen molar-refractivity contribution >= 4 is 11.3 Å². The molecule has 3 atom stereocenters. The number of aryl methyl sites for hydroxylation is 1. The molecule has 0 amide bonds. The molecule has 2 aliphatic heterocycles. The van der Waals surface area contributed by atoms with Crippen molar-refractivity contribution in [1.82, 2.24) is 0 Å². The Morgan fingerprint density at radius 2 is 2.17 bits per heavy atom. The van der Waals surface area contributed by atoms with Crippen molar-refractivity contribution in [1.29, 1.82) is 0 Å². The van der Waals surface area contributed by atoms with Gasteiger partial charge in [-0.3, -0.25) is 0 Å². The highest BCUT2D eigenvalue weighted by Gasteiger charge is 2.47. The largest absolute Gasteiger partial charge is 0.393 e. The normalized spacial score (nSPS) is 29.9. The SMILES string of the molecule is Cc1ccc(Cc2ccc3c(c2)[C@]2(CC(O)CC(C)O2)OC3)s1. The summed E-state index contributed by atoms with van der Waals surface area (Å²) < 4.78 is 12.2. The lowest BCUT2D eigenvalue weighted by Gasteiger charge is -2.39. The predicted octanol–water partition coefficient (Wildman–Crippen LogP) is 3.89. The van der Waals surface area contributed by atoms with Crippen LogP contribution in [0.5, 0.6) is 0 Å². The minimum atomic E-state index is -0.756. The summed E-state index contributed by atoms with van der Waals surface area (Å²) in [7, 11) is 0. The Balaban J connectivity index is 1.66. The van der Waals surface area contributed by atoms with Crippen LogP contribution in [0.15, 0.2) is 30.3 Å². The van der Waals surface area contributed by atoms with Gasteiger partial charge < -0.3 is 14.6 Å². The number of hydrogen-bond donors (Lipinski definition) is 1. The molecular formula is C19H22O3S. The Morgan fingerprint density at radius 1 is 1.30 bits per heavy atom. The average Bonchev–Trinajstić information content (AvgIpc) is 3.03. The number of thiophene rings is 1. The zero-order chi connectivity index (χ0) is 16.0. The summed E-state index contributed by atoms with van der Waals surface area (Å²) in [6, 6.07) is 10.9. The summed E-state index contributed by atoms with van der Waals surface area (Å²) in [6.07, 6.45) is 1.77.